The van der Waals surface area contributed by atoms with Crippen LogP contribution in [0.5, 0.6) is 0 Å². The van der Waals surface area contributed by atoms with E-state index in [0.29, 0.717) is 17.1 Å². The zero-order valence-corrected chi connectivity index (χ0v) is 12.0. The molecule has 0 aliphatic rings. The molecule has 110 valence electrons. The number of hydrogen-bond acceptors (Lipinski definition) is 5. The van der Waals surface area contributed by atoms with Crippen molar-refractivity contribution in [3.8, 4) is 5.82 Å². The van der Waals surface area contributed by atoms with E-state index in [0.717, 1.165) is 0 Å². The molecule has 0 aliphatic heterocycles. The summed E-state index contributed by atoms with van der Waals surface area (Å²) in [7, 11) is 0. The van der Waals surface area contributed by atoms with Crippen molar-refractivity contribution >= 4 is 5.97 Å². The normalized spacial score (nSPS) is 11.9. The third-order valence-corrected chi connectivity index (χ3v) is 3.14. The molecule has 0 aromatic carbocycles. The summed E-state index contributed by atoms with van der Waals surface area (Å²) in [6, 6.07) is 8.78. The Kier molecular flexibility index (Phi) is 3.91. The van der Waals surface area contributed by atoms with Gasteiger partial charge in [-0.2, -0.15) is 0 Å². The van der Waals surface area contributed by atoms with Crippen LogP contribution in [-0.2, 0) is 4.74 Å². The summed E-state index contributed by atoms with van der Waals surface area (Å²) in [5, 5.41) is 0. The van der Waals surface area contributed by atoms with Gasteiger partial charge in [0.15, 0.2) is 0 Å². The first kappa shape index (κ1) is 13.9. The van der Waals surface area contributed by atoms with E-state index in [1.54, 1.807) is 54.7 Å². The second-order valence-corrected chi connectivity index (χ2v) is 4.67. The first-order valence-corrected chi connectivity index (χ1v) is 6.80. The van der Waals surface area contributed by atoms with Crippen LogP contribution in [0.1, 0.15) is 29.1 Å². The minimum atomic E-state index is -0.418. The third kappa shape index (κ3) is 3.01. The number of carbonyl (C=O) groups is 1. The number of hydrogen-bond donors (Lipinski definition) is 0. The van der Waals surface area contributed by atoms with Crippen LogP contribution in [0, 0.1) is 0 Å². The van der Waals surface area contributed by atoms with Crippen LogP contribution < -0.4 is 0 Å². The van der Waals surface area contributed by atoms with Crippen LogP contribution in [0.4, 0.5) is 0 Å². The lowest BCUT2D eigenvalue weighted by molar-refractivity contribution is 0.0329. The number of esters is 1. The Labute approximate surface area is 127 Å². The van der Waals surface area contributed by atoms with E-state index >= 15 is 0 Å². The average Bonchev–Trinajstić information content (AvgIpc) is 3.10. The maximum Gasteiger partial charge on any atom is 0.338 e. The van der Waals surface area contributed by atoms with Gasteiger partial charge in [0.25, 0.3) is 0 Å². The van der Waals surface area contributed by atoms with Crippen molar-refractivity contribution in [2.75, 3.05) is 0 Å². The molecule has 0 bridgehead atoms. The molecule has 0 radical (unpaired) electrons. The van der Waals surface area contributed by atoms with E-state index in [9.17, 15) is 4.79 Å². The van der Waals surface area contributed by atoms with Gasteiger partial charge in [0, 0.05) is 24.8 Å². The number of rotatable bonds is 4. The van der Waals surface area contributed by atoms with Crippen LogP contribution in [0.3, 0.4) is 0 Å². The average molecular weight is 294 g/mol. The molecule has 3 heterocycles. The Balaban J connectivity index is 1.77. The second kappa shape index (κ2) is 6.17. The summed E-state index contributed by atoms with van der Waals surface area (Å²) in [5.74, 6) is 0.194. The van der Waals surface area contributed by atoms with Crippen molar-refractivity contribution in [2.45, 2.75) is 13.0 Å². The molecule has 1 unspecified atom stereocenters. The predicted molar refractivity (Wildman–Crippen MR) is 79.4 cm³/mol. The summed E-state index contributed by atoms with van der Waals surface area (Å²) in [4.78, 5) is 24.6. The molecular formula is C16H14N4O2. The van der Waals surface area contributed by atoms with Crippen LogP contribution in [0.15, 0.2) is 61.4 Å². The van der Waals surface area contributed by atoms with Crippen molar-refractivity contribution in [3.63, 3.8) is 0 Å². The highest BCUT2D eigenvalue weighted by atomic mass is 16.5. The van der Waals surface area contributed by atoms with E-state index in [-0.39, 0.29) is 0 Å². The van der Waals surface area contributed by atoms with Crippen molar-refractivity contribution in [2.24, 2.45) is 0 Å². The molecule has 0 aliphatic carbocycles. The fourth-order valence-corrected chi connectivity index (χ4v) is 1.99. The van der Waals surface area contributed by atoms with Crippen LogP contribution in [0.25, 0.3) is 5.82 Å². The molecule has 3 rings (SSSR count). The number of imidazole rings is 1. The Hall–Kier alpha value is -3.02. The molecule has 1 atom stereocenters. The molecule has 0 saturated heterocycles. The van der Waals surface area contributed by atoms with E-state index in [1.807, 2.05) is 18.2 Å². The fourth-order valence-electron chi connectivity index (χ4n) is 1.99. The third-order valence-electron chi connectivity index (χ3n) is 3.14. The van der Waals surface area contributed by atoms with Crippen LogP contribution >= 0.6 is 0 Å². The minimum absolute atomic E-state index is 0.415. The lowest BCUT2D eigenvalue weighted by Gasteiger charge is -2.13. The van der Waals surface area contributed by atoms with Gasteiger partial charge in [0.2, 0.25) is 0 Å². The lowest BCUT2D eigenvalue weighted by atomic mass is 10.2. The summed E-state index contributed by atoms with van der Waals surface area (Å²) >= 11 is 0. The second-order valence-electron chi connectivity index (χ2n) is 4.67. The molecule has 0 amide bonds. The van der Waals surface area contributed by atoms with Crippen molar-refractivity contribution in [1.29, 1.82) is 0 Å². The van der Waals surface area contributed by atoms with E-state index in [1.165, 1.54) is 0 Å². The van der Waals surface area contributed by atoms with Gasteiger partial charge in [-0.05, 0) is 31.2 Å². The predicted octanol–water partition coefficient (Wildman–Crippen LogP) is 2.58. The zero-order chi connectivity index (χ0) is 15.4. The fraction of sp³-hybridized carbons (Fsp3) is 0.125. The van der Waals surface area contributed by atoms with Crippen molar-refractivity contribution in [3.05, 3.63) is 72.7 Å². The monoisotopic (exact) mass is 294 g/mol. The van der Waals surface area contributed by atoms with Gasteiger partial charge in [-0.3, -0.25) is 9.55 Å². The Morgan fingerprint density at radius 3 is 2.82 bits per heavy atom. The van der Waals surface area contributed by atoms with Gasteiger partial charge < -0.3 is 4.74 Å². The number of carbonyl (C=O) groups excluding carboxylic acids is 1. The SMILES string of the molecule is CC(OC(=O)c1ccnc(-n2ccnc2)c1)c1ccccn1. The van der Waals surface area contributed by atoms with E-state index in [4.69, 9.17) is 4.74 Å². The van der Waals surface area contributed by atoms with E-state index in [2.05, 4.69) is 15.0 Å². The highest BCUT2D eigenvalue weighted by Gasteiger charge is 2.15. The Morgan fingerprint density at radius 1 is 1.18 bits per heavy atom. The molecule has 22 heavy (non-hydrogen) atoms. The summed E-state index contributed by atoms with van der Waals surface area (Å²) in [6.07, 6.45) is 7.84. The van der Waals surface area contributed by atoms with Crippen LogP contribution in [0.2, 0.25) is 0 Å². The maximum absolute atomic E-state index is 12.2. The van der Waals surface area contributed by atoms with Crippen LogP contribution in [-0.4, -0.2) is 25.5 Å². The number of aromatic nitrogens is 4. The number of nitrogens with zero attached hydrogens (tertiary/aromatic N) is 4. The Morgan fingerprint density at radius 2 is 2.09 bits per heavy atom. The molecule has 6 nitrogen and oxygen atoms in total. The number of ether oxygens (including phenoxy) is 1. The minimum Gasteiger partial charge on any atom is -0.453 e. The first-order chi connectivity index (χ1) is 10.7. The summed E-state index contributed by atoms with van der Waals surface area (Å²) in [6.45, 7) is 1.79. The standard InChI is InChI=1S/C16H14N4O2/c1-12(14-4-2-3-6-18-14)22-16(21)13-5-7-19-15(10-13)20-9-8-17-11-20/h2-12H,1H3. The van der Waals surface area contributed by atoms with Gasteiger partial charge in [0.05, 0.1) is 11.3 Å². The number of pyridine rings is 2. The van der Waals surface area contributed by atoms with Gasteiger partial charge in [-0.1, -0.05) is 6.07 Å². The zero-order valence-electron chi connectivity index (χ0n) is 12.0. The molecular weight excluding hydrogens is 280 g/mol. The first-order valence-electron chi connectivity index (χ1n) is 6.80. The van der Waals surface area contributed by atoms with Crippen molar-refractivity contribution in [1.82, 2.24) is 19.5 Å². The molecule has 0 fully saturated rings. The summed E-state index contributed by atoms with van der Waals surface area (Å²) < 4.78 is 7.16. The molecule has 6 heteroatoms. The lowest BCUT2D eigenvalue weighted by Crippen LogP contribution is -2.11. The molecule has 0 saturated carbocycles. The Bertz CT molecular complexity index is 757. The van der Waals surface area contributed by atoms with Gasteiger partial charge in [-0.25, -0.2) is 14.8 Å². The maximum atomic E-state index is 12.2. The smallest absolute Gasteiger partial charge is 0.338 e. The topological polar surface area (TPSA) is 69.9 Å². The largest absolute Gasteiger partial charge is 0.453 e. The van der Waals surface area contributed by atoms with E-state index < -0.39 is 12.1 Å². The van der Waals surface area contributed by atoms with Gasteiger partial charge in [-0.15, -0.1) is 0 Å². The van der Waals surface area contributed by atoms with Crippen molar-refractivity contribution < 1.29 is 9.53 Å². The molecule has 3 aromatic rings. The highest BCUT2D eigenvalue weighted by Crippen LogP contribution is 2.17. The summed E-state index contributed by atoms with van der Waals surface area (Å²) in [5.41, 5.74) is 1.14. The van der Waals surface area contributed by atoms with Gasteiger partial charge in [0.1, 0.15) is 18.2 Å². The molecule has 0 spiro atoms. The molecule has 0 N–H and O–H groups in total. The molecule has 3 aromatic heterocycles. The highest BCUT2D eigenvalue weighted by molar-refractivity contribution is 5.89. The quantitative estimate of drug-likeness (QED) is 0.692. The van der Waals surface area contributed by atoms with Gasteiger partial charge >= 0.3 is 5.97 Å².